The molecule has 9 N–H and O–H groups in total. The highest BCUT2D eigenvalue weighted by molar-refractivity contribution is 7.61. The second kappa shape index (κ2) is 40.0. The molecular weight excluding hydrogens is 1040 g/mol. The van der Waals surface area contributed by atoms with E-state index in [1.54, 1.807) is 42.5 Å². The Kier molecular flexibility index (Phi) is 35.3. The van der Waals surface area contributed by atoms with Crippen LogP contribution in [0.15, 0.2) is 151 Å². The lowest BCUT2D eigenvalue weighted by molar-refractivity contribution is -0.161. The fraction of sp³-hybridized carbons (Fsp3) is 0.481. The van der Waals surface area contributed by atoms with Crippen molar-refractivity contribution in [3.8, 4) is 0 Å². The molecule has 0 bridgehead atoms. The van der Waals surface area contributed by atoms with Crippen LogP contribution in [0.5, 0.6) is 0 Å². The number of carbonyl (C=O) groups excluding carboxylic acids is 2. The normalized spacial score (nSPS) is 20.9. The number of phosphoric acid groups is 2. The minimum atomic E-state index is -5.53. The third kappa shape index (κ3) is 32.3. The van der Waals surface area contributed by atoms with Gasteiger partial charge in [-0.25, -0.2) is 13.9 Å². The van der Waals surface area contributed by atoms with E-state index < -0.39 is 102 Å². The lowest BCUT2D eigenvalue weighted by atomic mass is 10.1. The standard InChI is InChI=1S/C54H79N3O18P2/c1-3-5-7-8-9-10-11-12-13-14-15-16-17-18-19-20-21-26-30-36-50(62)73-44(40-70-49(61)37-31-35-46(60)45(59)34-29-25-23-22-24-28-33-43(58)32-27-6-4-2)41-71-76(66,67)75-77(68,69)72-42-47-51(63)52(64)53(74-47)57-39-38-48(55)56-54(57)65/h5-7,9-10,12-13,15-16,18-19,21-29,33-34,38-39,43-47,51-53,58-60,63-64H,3-4,8,11,14,17,20,30-32,35-37,40-42H2,1-2H3,(H,66,67)(H,68,69)(H2,55,56,65)/b7-5-,10-9-,13-12-,16-15-,19-18-,24-22+,25-23-,26-21-,27-6-,33-28+,34-29-/t43-,44-,45+,46+,47-,51-,52-,53-/m1/s1. The molecule has 1 aliphatic rings. The summed E-state index contributed by atoms with van der Waals surface area (Å²) < 4.78 is 56.4. The summed E-state index contributed by atoms with van der Waals surface area (Å²) in [6.45, 7) is 1.42. The summed E-state index contributed by atoms with van der Waals surface area (Å²) in [5.74, 6) is -1.77. The molecule has 0 aromatic carbocycles. The fourth-order valence-electron chi connectivity index (χ4n) is 6.56. The van der Waals surface area contributed by atoms with Gasteiger partial charge in [0.15, 0.2) is 12.3 Å². The van der Waals surface area contributed by atoms with Gasteiger partial charge in [0.1, 0.15) is 30.7 Å². The first-order valence-electron chi connectivity index (χ1n) is 25.5. The summed E-state index contributed by atoms with van der Waals surface area (Å²) in [6, 6.07) is 1.22. The van der Waals surface area contributed by atoms with Crippen molar-refractivity contribution in [2.45, 2.75) is 146 Å². The Morgan fingerprint density at radius 1 is 0.727 bits per heavy atom. The number of ether oxygens (including phenoxy) is 3. The summed E-state index contributed by atoms with van der Waals surface area (Å²) >= 11 is 0. The van der Waals surface area contributed by atoms with Crippen LogP contribution in [0.25, 0.3) is 0 Å². The number of nitrogens with zero attached hydrogens (tertiary/aromatic N) is 2. The Morgan fingerprint density at radius 2 is 1.27 bits per heavy atom. The Hall–Kier alpha value is -5.22. The number of hydrogen-bond donors (Lipinski definition) is 8. The van der Waals surface area contributed by atoms with E-state index in [1.807, 2.05) is 37.3 Å². The molecule has 1 aromatic heterocycles. The van der Waals surface area contributed by atoms with Gasteiger partial charge in [0.05, 0.1) is 31.5 Å². The zero-order valence-corrected chi connectivity index (χ0v) is 45.6. The molecule has 10 atom stereocenters. The topological polar surface area (TPSA) is 326 Å². The fourth-order valence-corrected chi connectivity index (χ4v) is 8.67. The van der Waals surface area contributed by atoms with E-state index in [9.17, 15) is 58.8 Å². The van der Waals surface area contributed by atoms with Gasteiger partial charge in [0.25, 0.3) is 0 Å². The van der Waals surface area contributed by atoms with Crippen molar-refractivity contribution in [3.05, 3.63) is 156 Å². The quantitative estimate of drug-likeness (QED) is 0.0137. The highest BCUT2D eigenvalue weighted by Gasteiger charge is 2.46. The van der Waals surface area contributed by atoms with Crippen molar-refractivity contribution in [2.75, 3.05) is 25.6 Å². The lowest BCUT2D eigenvalue weighted by Crippen LogP contribution is -2.36. The van der Waals surface area contributed by atoms with Crippen LogP contribution in [0.3, 0.4) is 0 Å². The minimum Gasteiger partial charge on any atom is -0.462 e. The Bertz CT molecular complexity index is 2370. The van der Waals surface area contributed by atoms with Gasteiger partial charge in [-0.2, -0.15) is 9.29 Å². The second-order valence-electron chi connectivity index (χ2n) is 17.1. The number of nitrogens with two attached hydrogens (primary N) is 1. The summed E-state index contributed by atoms with van der Waals surface area (Å²) in [5.41, 5.74) is 4.54. The van der Waals surface area contributed by atoms with Gasteiger partial charge in [-0.1, -0.05) is 148 Å². The van der Waals surface area contributed by atoms with E-state index >= 15 is 0 Å². The monoisotopic (exact) mass is 1120 g/mol. The van der Waals surface area contributed by atoms with Crippen molar-refractivity contribution in [1.82, 2.24) is 9.55 Å². The first-order valence-corrected chi connectivity index (χ1v) is 28.5. The molecule has 428 valence electrons. The zero-order valence-electron chi connectivity index (χ0n) is 43.8. The largest absolute Gasteiger partial charge is 0.481 e. The van der Waals surface area contributed by atoms with Crippen molar-refractivity contribution < 1.29 is 81.6 Å². The van der Waals surface area contributed by atoms with E-state index in [4.69, 9.17) is 29.0 Å². The molecule has 1 fully saturated rings. The third-order valence-corrected chi connectivity index (χ3v) is 13.2. The van der Waals surface area contributed by atoms with Crippen LogP contribution in [-0.4, -0.2) is 119 Å². The molecule has 1 saturated heterocycles. The number of aliphatic hydroxyl groups is 5. The lowest BCUT2D eigenvalue weighted by Gasteiger charge is -2.21. The van der Waals surface area contributed by atoms with Crippen LogP contribution in [0.2, 0.25) is 0 Å². The van der Waals surface area contributed by atoms with E-state index in [1.165, 1.54) is 18.2 Å². The maximum Gasteiger partial charge on any atom is 0.481 e. The third-order valence-electron chi connectivity index (χ3n) is 10.6. The predicted molar refractivity (Wildman–Crippen MR) is 292 cm³/mol. The molecule has 2 rings (SSSR count). The number of anilines is 1. The van der Waals surface area contributed by atoms with E-state index in [0.29, 0.717) is 12.8 Å². The van der Waals surface area contributed by atoms with Gasteiger partial charge in [0, 0.05) is 19.0 Å². The number of esters is 2. The van der Waals surface area contributed by atoms with Crippen molar-refractivity contribution >= 4 is 33.4 Å². The van der Waals surface area contributed by atoms with Crippen molar-refractivity contribution in [1.29, 1.82) is 0 Å². The van der Waals surface area contributed by atoms with Crippen LogP contribution in [0.4, 0.5) is 5.82 Å². The first kappa shape index (κ1) is 67.9. The highest BCUT2D eigenvalue weighted by Crippen LogP contribution is 2.60. The molecular formula is C54H79N3O18P2. The van der Waals surface area contributed by atoms with Crippen molar-refractivity contribution in [2.24, 2.45) is 0 Å². The van der Waals surface area contributed by atoms with Crippen LogP contribution >= 0.6 is 15.6 Å². The number of aliphatic hydroxyl groups excluding tert-OH is 5. The zero-order chi connectivity index (χ0) is 56.7. The average Bonchev–Trinajstić information content (AvgIpc) is 3.66. The van der Waals surface area contributed by atoms with Gasteiger partial charge in [0.2, 0.25) is 0 Å². The van der Waals surface area contributed by atoms with E-state index in [2.05, 4.69) is 64.8 Å². The summed E-state index contributed by atoms with van der Waals surface area (Å²) in [6.07, 6.45) is 37.7. The summed E-state index contributed by atoms with van der Waals surface area (Å²) in [7, 11) is -11.0. The molecule has 0 amide bonds. The van der Waals surface area contributed by atoms with Gasteiger partial charge in [-0.15, -0.1) is 0 Å². The maximum absolute atomic E-state index is 12.9. The molecule has 1 aromatic rings. The number of allylic oxidation sites excluding steroid dienone is 19. The highest BCUT2D eigenvalue weighted by atomic mass is 31.3. The van der Waals surface area contributed by atoms with Crippen LogP contribution < -0.4 is 11.4 Å². The number of nitrogen functional groups attached to an aromatic ring is 1. The SMILES string of the molecule is CC/C=C\C/C=C\C/C=C\C/C=C\C/C=C\C/C=C\CCC(=O)O[C@H](COC(=O)CCC[C@H](O)[C@@H](O)\C=C/C=C\C=C\C=C\[C@H](O)C/C=C\CC)COP(=O)(O)OP(=O)(O)OC[C@H]1O[C@@H](n2ccc(N)nc2=O)[C@H](O)[C@@H]1O. The molecule has 0 aliphatic carbocycles. The summed E-state index contributed by atoms with van der Waals surface area (Å²) in [5, 5.41) is 51.5. The first-order chi connectivity index (χ1) is 36.9. The predicted octanol–water partition coefficient (Wildman–Crippen LogP) is 7.46. The van der Waals surface area contributed by atoms with Gasteiger partial charge in [-0.3, -0.25) is 23.2 Å². The average molecular weight is 1120 g/mol. The Morgan fingerprint density at radius 3 is 1.87 bits per heavy atom. The van der Waals surface area contributed by atoms with Crippen LogP contribution in [-0.2, 0) is 46.3 Å². The van der Waals surface area contributed by atoms with Gasteiger partial charge < -0.3 is 55.3 Å². The second-order valence-corrected chi connectivity index (χ2v) is 20.2. The molecule has 2 heterocycles. The van der Waals surface area contributed by atoms with Gasteiger partial charge >= 0.3 is 33.3 Å². The smallest absolute Gasteiger partial charge is 0.462 e. The molecule has 1 aliphatic heterocycles. The molecule has 2 unspecified atom stereocenters. The number of aromatic nitrogens is 2. The minimum absolute atomic E-state index is 0.0116. The number of carbonyl (C=O) groups is 2. The van der Waals surface area contributed by atoms with E-state index in [-0.39, 0.29) is 37.9 Å². The van der Waals surface area contributed by atoms with Crippen LogP contribution in [0, 0.1) is 0 Å². The number of phosphoric ester groups is 2. The molecule has 0 radical (unpaired) electrons. The summed E-state index contributed by atoms with van der Waals surface area (Å²) in [4.78, 5) is 61.9. The molecule has 77 heavy (non-hydrogen) atoms. The maximum atomic E-state index is 12.9. The Balaban J connectivity index is 1.93. The molecule has 23 heteroatoms. The molecule has 21 nitrogen and oxygen atoms in total. The van der Waals surface area contributed by atoms with Crippen molar-refractivity contribution in [3.63, 3.8) is 0 Å². The van der Waals surface area contributed by atoms with E-state index in [0.717, 1.165) is 49.3 Å². The number of rotatable bonds is 39. The Labute approximate surface area is 451 Å². The number of hydrogen-bond acceptors (Lipinski definition) is 18. The molecule has 0 saturated carbocycles. The van der Waals surface area contributed by atoms with Crippen LogP contribution in [0.1, 0.15) is 104 Å². The molecule has 0 spiro atoms. The van der Waals surface area contributed by atoms with Gasteiger partial charge in [-0.05, 0) is 76.7 Å².